The number of nitrogens with zero attached hydrogens (tertiary/aromatic N) is 3. The van der Waals surface area contributed by atoms with E-state index in [0.717, 1.165) is 49.1 Å². The SMILES string of the molecule is O=S(=O)(c1ccc(Cl)cc1)N1CCCC1c1nc2ccccc2n1CCCc1ccccc1. The molecule has 1 saturated heterocycles. The molecule has 1 unspecified atom stereocenters. The van der Waals surface area contributed by atoms with Crippen molar-refractivity contribution in [1.82, 2.24) is 13.9 Å². The van der Waals surface area contributed by atoms with Crippen LogP contribution >= 0.6 is 11.6 Å². The summed E-state index contributed by atoms with van der Waals surface area (Å²) in [6.45, 7) is 1.28. The number of fused-ring (bicyclic) bond motifs is 1. The molecular formula is C26H26ClN3O2S. The smallest absolute Gasteiger partial charge is 0.243 e. The summed E-state index contributed by atoms with van der Waals surface area (Å²) >= 11 is 5.98. The largest absolute Gasteiger partial charge is 0.327 e. The van der Waals surface area contributed by atoms with Crippen LogP contribution in [0.5, 0.6) is 0 Å². The summed E-state index contributed by atoms with van der Waals surface area (Å²) < 4.78 is 30.8. The van der Waals surface area contributed by atoms with Gasteiger partial charge < -0.3 is 4.57 Å². The number of para-hydroxylation sites is 2. The van der Waals surface area contributed by atoms with E-state index in [1.165, 1.54) is 5.56 Å². The molecule has 1 aliphatic rings. The van der Waals surface area contributed by atoms with Gasteiger partial charge in [-0.2, -0.15) is 4.31 Å². The first-order valence-corrected chi connectivity index (χ1v) is 13.1. The Morgan fingerprint density at radius 3 is 2.45 bits per heavy atom. The van der Waals surface area contributed by atoms with Crippen LogP contribution in [0.15, 0.2) is 83.8 Å². The molecular weight excluding hydrogens is 454 g/mol. The molecule has 7 heteroatoms. The number of imidazole rings is 1. The number of sulfonamides is 1. The van der Waals surface area contributed by atoms with Gasteiger partial charge in [-0.05, 0) is 67.6 Å². The predicted molar refractivity (Wildman–Crippen MR) is 132 cm³/mol. The number of benzene rings is 3. The van der Waals surface area contributed by atoms with Crippen LogP contribution in [0, 0.1) is 0 Å². The first-order valence-electron chi connectivity index (χ1n) is 11.3. The molecule has 1 aromatic heterocycles. The van der Waals surface area contributed by atoms with Gasteiger partial charge in [0.25, 0.3) is 0 Å². The molecule has 0 bridgehead atoms. The van der Waals surface area contributed by atoms with Crippen molar-refractivity contribution in [2.45, 2.75) is 43.2 Å². The topological polar surface area (TPSA) is 55.2 Å². The minimum atomic E-state index is -3.65. The van der Waals surface area contributed by atoms with Gasteiger partial charge in [0.1, 0.15) is 5.82 Å². The Hall–Kier alpha value is -2.67. The summed E-state index contributed by atoms with van der Waals surface area (Å²) in [7, 11) is -3.65. The van der Waals surface area contributed by atoms with Crippen molar-refractivity contribution < 1.29 is 8.42 Å². The Morgan fingerprint density at radius 2 is 1.67 bits per heavy atom. The maximum Gasteiger partial charge on any atom is 0.243 e. The number of aromatic nitrogens is 2. The van der Waals surface area contributed by atoms with Crippen molar-refractivity contribution in [2.24, 2.45) is 0 Å². The molecule has 33 heavy (non-hydrogen) atoms. The van der Waals surface area contributed by atoms with Gasteiger partial charge in [-0.25, -0.2) is 13.4 Å². The van der Waals surface area contributed by atoms with E-state index in [1.807, 2.05) is 24.3 Å². The summed E-state index contributed by atoms with van der Waals surface area (Å²) in [5.74, 6) is 0.833. The molecule has 0 spiro atoms. The summed E-state index contributed by atoms with van der Waals surface area (Å²) in [6, 6.07) is 24.6. The van der Waals surface area contributed by atoms with Crippen molar-refractivity contribution in [3.8, 4) is 0 Å². The molecule has 2 heterocycles. The van der Waals surface area contributed by atoms with E-state index in [2.05, 4.69) is 34.9 Å². The predicted octanol–water partition coefficient (Wildman–Crippen LogP) is 5.85. The van der Waals surface area contributed by atoms with Crippen LogP contribution in [0.1, 0.15) is 36.7 Å². The monoisotopic (exact) mass is 479 g/mol. The van der Waals surface area contributed by atoms with Crippen LogP contribution in [0.25, 0.3) is 11.0 Å². The van der Waals surface area contributed by atoms with E-state index in [9.17, 15) is 8.42 Å². The van der Waals surface area contributed by atoms with Crippen LogP contribution in [0.4, 0.5) is 0 Å². The first kappa shape index (κ1) is 22.1. The van der Waals surface area contributed by atoms with Crippen LogP contribution < -0.4 is 0 Å². The highest BCUT2D eigenvalue weighted by Crippen LogP contribution is 2.37. The van der Waals surface area contributed by atoms with Crippen molar-refractivity contribution in [1.29, 1.82) is 0 Å². The van der Waals surface area contributed by atoms with Gasteiger partial charge in [-0.15, -0.1) is 0 Å². The lowest BCUT2D eigenvalue weighted by atomic mass is 10.1. The Labute approximate surface area is 199 Å². The van der Waals surface area contributed by atoms with Crippen molar-refractivity contribution >= 4 is 32.7 Å². The number of rotatable bonds is 7. The van der Waals surface area contributed by atoms with E-state index in [-0.39, 0.29) is 10.9 Å². The van der Waals surface area contributed by atoms with Crippen molar-refractivity contribution in [3.05, 3.63) is 95.3 Å². The molecule has 0 saturated carbocycles. The first-order chi connectivity index (χ1) is 16.0. The average Bonchev–Trinajstić information content (AvgIpc) is 3.46. The molecule has 0 aliphatic carbocycles. The zero-order valence-electron chi connectivity index (χ0n) is 18.3. The van der Waals surface area contributed by atoms with Crippen LogP contribution in [-0.2, 0) is 23.0 Å². The number of aryl methyl sites for hydroxylation is 2. The number of hydrogen-bond donors (Lipinski definition) is 0. The zero-order valence-corrected chi connectivity index (χ0v) is 19.8. The number of hydrogen-bond acceptors (Lipinski definition) is 3. The average molecular weight is 480 g/mol. The molecule has 1 fully saturated rings. The second kappa shape index (κ2) is 9.29. The highest BCUT2D eigenvalue weighted by Gasteiger charge is 2.38. The van der Waals surface area contributed by atoms with Crippen LogP contribution in [-0.4, -0.2) is 28.8 Å². The van der Waals surface area contributed by atoms with Gasteiger partial charge in [0.15, 0.2) is 0 Å². The molecule has 3 aromatic carbocycles. The lowest BCUT2D eigenvalue weighted by Gasteiger charge is -2.24. The van der Waals surface area contributed by atoms with Crippen LogP contribution in [0.2, 0.25) is 5.02 Å². The molecule has 170 valence electrons. The quantitative estimate of drug-likeness (QED) is 0.334. The fraction of sp³-hybridized carbons (Fsp3) is 0.269. The third kappa shape index (κ3) is 4.43. The molecule has 5 rings (SSSR count). The molecule has 1 atom stereocenters. The highest BCUT2D eigenvalue weighted by molar-refractivity contribution is 7.89. The van der Waals surface area contributed by atoms with Gasteiger partial charge in [0, 0.05) is 18.1 Å². The van der Waals surface area contributed by atoms with Crippen LogP contribution in [0.3, 0.4) is 0 Å². The third-order valence-corrected chi connectivity index (χ3v) is 8.47. The van der Waals surface area contributed by atoms with Crippen molar-refractivity contribution in [2.75, 3.05) is 6.54 Å². The zero-order chi connectivity index (χ0) is 22.8. The van der Waals surface area contributed by atoms with Gasteiger partial charge in [0.2, 0.25) is 10.0 Å². The van der Waals surface area contributed by atoms with E-state index in [4.69, 9.17) is 16.6 Å². The Bertz CT molecular complexity index is 1350. The fourth-order valence-corrected chi connectivity index (χ4v) is 6.48. The molecule has 1 aliphatic heterocycles. The molecule has 4 aromatic rings. The van der Waals surface area contributed by atoms with Gasteiger partial charge in [-0.1, -0.05) is 54.1 Å². The standard InChI is InChI=1S/C26H26ClN3O2S/c27-21-14-16-22(17-15-21)33(31,32)30-19-7-13-25(30)26-28-23-11-4-5-12-24(23)29(26)18-6-10-20-8-2-1-3-9-20/h1-5,8-9,11-12,14-17,25H,6-7,10,13,18-19H2. The summed E-state index contributed by atoms with van der Waals surface area (Å²) in [5, 5.41) is 0.520. The molecule has 0 radical (unpaired) electrons. The second-order valence-electron chi connectivity index (χ2n) is 8.43. The maximum absolute atomic E-state index is 13.5. The summed E-state index contributed by atoms with van der Waals surface area (Å²) in [4.78, 5) is 5.20. The Balaban J connectivity index is 1.48. The summed E-state index contributed by atoms with van der Waals surface area (Å²) in [6.07, 6.45) is 3.48. The van der Waals surface area contributed by atoms with E-state index < -0.39 is 10.0 Å². The fourth-order valence-electron chi connectivity index (χ4n) is 4.70. The van der Waals surface area contributed by atoms with Gasteiger partial charge >= 0.3 is 0 Å². The minimum absolute atomic E-state index is 0.269. The lowest BCUT2D eigenvalue weighted by Crippen LogP contribution is -2.32. The molecule has 0 N–H and O–H groups in total. The van der Waals surface area contributed by atoms with E-state index in [0.29, 0.717) is 11.6 Å². The maximum atomic E-state index is 13.5. The molecule has 0 amide bonds. The minimum Gasteiger partial charge on any atom is -0.327 e. The number of halogens is 1. The Kier molecular flexibility index (Phi) is 6.23. The normalized spacial score (nSPS) is 17.1. The third-order valence-electron chi connectivity index (χ3n) is 6.30. The van der Waals surface area contributed by atoms with E-state index >= 15 is 0 Å². The summed E-state index contributed by atoms with van der Waals surface area (Å²) in [5.41, 5.74) is 3.26. The highest BCUT2D eigenvalue weighted by atomic mass is 35.5. The Morgan fingerprint density at radius 1 is 0.939 bits per heavy atom. The lowest BCUT2D eigenvalue weighted by molar-refractivity contribution is 0.373. The molecule has 5 nitrogen and oxygen atoms in total. The van der Waals surface area contributed by atoms with E-state index in [1.54, 1.807) is 28.6 Å². The van der Waals surface area contributed by atoms with Crippen molar-refractivity contribution in [3.63, 3.8) is 0 Å². The second-order valence-corrected chi connectivity index (χ2v) is 10.8. The van der Waals surface area contributed by atoms with Gasteiger partial charge in [-0.3, -0.25) is 0 Å². The van der Waals surface area contributed by atoms with Gasteiger partial charge in [0.05, 0.1) is 22.0 Å².